The van der Waals surface area contributed by atoms with Crippen LogP contribution in [0.25, 0.3) is 0 Å². The molecule has 106 valence electrons. The maximum Gasteiger partial charge on any atom is 0.291 e. The molecule has 1 atom stereocenters. The molecule has 0 radical (unpaired) electrons. The lowest BCUT2D eigenvalue weighted by molar-refractivity contribution is 0.262. The molecule has 0 bridgehead atoms. The monoisotopic (exact) mass is 303 g/mol. The van der Waals surface area contributed by atoms with Crippen molar-refractivity contribution in [1.82, 2.24) is 9.78 Å². The quantitative estimate of drug-likeness (QED) is 0.865. The molecule has 1 aromatic heterocycles. The van der Waals surface area contributed by atoms with Crippen LogP contribution in [0.5, 0.6) is 0 Å². The Morgan fingerprint density at radius 3 is 2.89 bits per heavy atom. The second-order valence-electron chi connectivity index (χ2n) is 4.86. The molecular weight excluding hydrogens is 286 g/mol. The summed E-state index contributed by atoms with van der Waals surface area (Å²) in [5.74, 6) is 1.04. The Bertz CT molecular complexity index is 528. The first-order chi connectivity index (χ1) is 9.08. The largest absolute Gasteiger partial charge is 0.378 e. The van der Waals surface area contributed by atoms with E-state index in [2.05, 4.69) is 10.4 Å². The molecule has 19 heavy (non-hydrogen) atoms. The van der Waals surface area contributed by atoms with E-state index in [0.29, 0.717) is 35.5 Å². The summed E-state index contributed by atoms with van der Waals surface area (Å²) in [6, 6.07) is 0. The zero-order valence-corrected chi connectivity index (χ0v) is 12.5. The molecule has 7 heteroatoms. The van der Waals surface area contributed by atoms with Crippen molar-refractivity contribution in [2.24, 2.45) is 5.92 Å². The number of rotatable bonds is 6. The van der Waals surface area contributed by atoms with Gasteiger partial charge in [-0.05, 0) is 18.8 Å². The molecule has 1 unspecified atom stereocenters. The number of nitrogens with one attached hydrogen (secondary N) is 1. The molecule has 1 saturated carbocycles. The maximum atomic E-state index is 12.2. The van der Waals surface area contributed by atoms with Gasteiger partial charge in [-0.25, -0.2) is 4.68 Å². The summed E-state index contributed by atoms with van der Waals surface area (Å²) < 4.78 is 12.5. The molecule has 0 saturated heterocycles. The Kier molecular flexibility index (Phi) is 4.99. The first kappa shape index (κ1) is 14.5. The van der Waals surface area contributed by atoms with Crippen LogP contribution < -0.4 is 10.9 Å². The Morgan fingerprint density at radius 1 is 1.58 bits per heavy atom. The highest BCUT2D eigenvalue weighted by molar-refractivity contribution is 7.84. The molecule has 0 amide bonds. The summed E-state index contributed by atoms with van der Waals surface area (Å²) in [6.07, 6.45) is 6.68. The van der Waals surface area contributed by atoms with E-state index in [-0.39, 0.29) is 5.56 Å². The minimum Gasteiger partial charge on any atom is -0.378 e. The van der Waals surface area contributed by atoms with Crippen molar-refractivity contribution in [3.05, 3.63) is 21.6 Å². The molecule has 1 aliphatic carbocycles. The zero-order chi connectivity index (χ0) is 13.8. The highest BCUT2D eigenvalue weighted by Crippen LogP contribution is 2.27. The molecule has 1 fully saturated rings. The fraction of sp³-hybridized carbons (Fsp3) is 0.667. The van der Waals surface area contributed by atoms with E-state index in [9.17, 15) is 9.00 Å². The first-order valence-electron chi connectivity index (χ1n) is 6.37. The number of nitrogens with zero attached hydrogens (tertiary/aromatic N) is 2. The van der Waals surface area contributed by atoms with Crippen LogP contribution in [0, 0.1) is 5.92 Å². The zero-order valence-electron chi connectivity index (χ0n) is 10.9. The third kappa shape index (κ3) is 3.79. The molecule has 2 rings (SSSR count). The van der Waals surface area contributed by atoms with Gasteiger partial charge in [0.2, 0.25) is 0 Å². The van der Waals surface area contributed by atoms with Crippen LogP contribution in [0.15, 0.2) is 11.0 Å². The predicted molar refractivity (Wildman–Crippen MR) is 78.3 cm³/mol. The number of hydrogen-bond donors (Lipinski definition) is 1. The SMILES string of the molecule is CS(=O)CCNc1c(Cl)cnn(CC2CCC2)c1=O. The summed E-state index contributed by atoms with van der Waals surface area (Å²) in [6.45, 7) is 1.12. The molecule has 1 N–H and O–H groups in total. The fourth-order valence-electron chi connectivity index (χ4n) is 2.00. The highest BCUT2D eigenvalue weighted by Gasteiger charge is 2.20. The molecular formula is C12H18ClN3O2S. The van der Waals surface area contributed by atoms with Crippen LogP contribution in [-0.4, -0.2) is 32.5 Å². The summed E-state index contributed by atoms with van der Waals surface area (Å²) in [5.41, 5.74) is 0.169. The molecule has 0 aromatic carbocycles. The fourth-order valence-corrected chi connectivity index (χ4v) is 2.58. The standard InChI is InChI=1S/C12H18ClN3O2S/c1-19(18)6-5-14-11-10(13)7-15-16(12(11)17)8-9-3-2-4-9/h7,9,14H,2-6,8H2,1H3. The van der Waals surface area contributed by atoms with Gasteiger partial charge >= 0.3 is 0 Å². The van der Waals surface area contributed by atoms with Crippen LogP contribution >= 0.6 is 11.6 Å². The van der Waals surface area contributed by atoms with E-state index >= 15 is 0 Å². The van der Waals surface area contributed by atoms with Crippen LogP contribution in [0.4, 0.5) is 5.69 Å². The van der Waals surface area contributed by atoms with E-state index in [1.165, 1.54) is 17.3 Å². The minimum absolute atomic E-state index is 0.193. The Balaban J connectivity index is 2.09. The minimum atomic E-state index is -0.889. The average Bonchev–Trinajstić information content (AvgIpc) is 2.30. The topological polar surface area (TPSA) is 64.0 Å². The summed E-state index contributed by atoms with van der Waals surface area (Å²) in [4.78, 5) is 12.2. The van der Waals surface area contributed by atoms with Gasteiger partial charge < -0.3 is 5.32 Å². The Morgan fingerprint density at radius 2 is 2.32 bits per heavy atom. The molecule has 0 aliphatic heterocycles. The molecule has 1 aromatic rings. The smallest absolute Gasteiger partial charge is 0.291 e. The lowest BCUT2D eigenvalue weighted by Crippen LogP contribution is -2.31. The van der Waals surface area contributed by atoms with E-state index in [1.807, 2.05) is 0 Å². The normalized spacial score (nSPS) is 16.9. The lowest BCUT2D eigenvalue weighted by Gasteiger charge is -2.25. The van der Waals surface area contributed by atoms with E-state index in [4.69, 9.17) is 11.6 Å². The number of anilines is 1. The van der Waals surface area contributed by atoms with Gasteiger partial charge in [0.25, 0.3) is 5.56 Å². The van der Waals surface area contributed by atoms with Gasteiger partial charge in [0.15, 0.2) is 0 Å². The van der Waals surface area contributed by atoms with Gasteiger partial charge in [-0.15, -0.1) is 0 Å². The van der Waals surface area contributed by atoms with Crippen LogP contribution in [-0.2, 0) is 17.3 Å². The average molecular weight is 304 g/mol. The van der Waals surface area contributed by atoms with Crippen molar-refractivity contribution in [3.63, 3.8) is 0 Å². The van der Waals surface area contributed by atoms with Crippen molar-refractivity contribution in [3.8, 4) is 0 Å². The van der Waals surface area contributed by atoms with Crippen LogP contribution in [0.1, 0.15) is 19.3 Å². The first-order valence-corrected chi connectivity index (χ1v) is 8.48. The summed E-state index contributed by atoms with van der Waals surface area (Å²) in [5, 5.41) is 7.36. The molecule has 1 aliphatic rings. The second-order valence-corrected chi connectivity index (χ2v) is 6.82. The maximum absolute atomic E-state index is 12.2. The number of hydrogen-bond acceptors (Lipinski definition) is 4. The number of aromatic nitrogens is 2. The highest BCUT2D eigenvalue weighted by atomic mass is 35.5. The third-order valence-electron chi connectivity index (χ3n) is 3.34. The van der Waals surface area contributed by atoms with Crippen LogP contribution in [0.3, 0.4) is 0 Å². The Labute approximate surface area is 119 Å². The molecule has 0 spiro atoms. The summed E-state index contributed by atoms with van der Waals surface area (Å²) >= 11 is 5.99. The lowest BCUT2D eigenvalue weighted by atomic mass is 9.85. The van der Waals surface area contributed by atoms with Crippen molar-refractivity contribution in [2.45, 2.75) is 25.8 Å². The molecule has 5 nitrogen and oxygen atoms in total. The van der Waals surface area contributed by atoms with Crippen molar-refractivity contribution in [2.75, 3.05) is 23.9 Å². The third-order valence-corrected chi connectivity index (χ3v) is 4.41. The van der Waals surface area contributed by atoms with E-state index in [1.54, 1.807) is 6.26 Å². The van der Waals surface area contributed by atoms with Gasteiger partial charge in [-0.3, -0.25) is 9.00 Å². The van der Waals surface area contributed by atoms with Crippen LogP contribution in [0.2, 0.25) is 5.02 Å². The van der Waals surface area contributed by atoms with Gasteiger partial charge in [0, 0.05) is 35.9 Å². The number of halogens is 1. The van der Waals surface area contributed by atoms with Gasteiger partial charge in [0.05, 0.1) is 11.2 Å². The van der Waals surface area contributed by atoms with Crippen molar-refractivity contribution >= 4 is 28.1 Å². The summed E-state index contributed by atoms with van der Waals surface area (Å²) in [7, 11) is -0.889. The molecule has 1 heterocycles. The van der Waals surface area contributed by atoms with E-state index in [0.717, 1.165) is 12.8 Å². The van der Waals surface area contributed by atoms with Gasteiger partial charge in [0.1, 0.15) is 5.69 Å². The van der Waals surface area contributed by atoms with E-state index < -0.39 is 10.8 Å². The Hall–Kier alpha value is -0.880. The van der Waals surface area contributed by atoms with Gasteiger partial charge in [-0.2, -0.15) is 5.10 Å². The predicted octanol–water partition coefficient (Wildman–Crippen LogP) is 1.49. The van der Waals surface area contributed by atoms with Gasteiger partial charge in [-0.1, -0.05) is 18.0 Å². The second kappa shape index (κ2) is 6.52. The van der Waals surface area contributed by atoms with Crippen molar-refractivity contribution < 1.29 is 4.21 Å². The van der Waals surface area contributed by atoms with Crippen molar-refractivity contribution in [1.29, 1.82) is 0 Å².